The average molecular weight is 480 g/mol. The van der Waals surface area contributed by atoms with E-state index in [1.807, 2.05) is 0 Å². The van der Waals surface area contributed by atoms with Crippen LogP contribution in [-0.4, -0.2) is 71.4 Å². The first-order valence-corrected chi connectivity index (χ1v) is 9.74. The van der Waals surface area contributed by atoms with E-state index in [0.717, 1.165) is 0 Å². The number of alkyl halides is 10. The minimum absolute atomic E-state index is 0.422. The fraction of sp³-hybridized carbons (Fsp3) is 1.00. The first-order chi connectivity index (χ1) is 11.9. The lowest BCUT2D eigenvalue weighted by atomic mass is 10.4. The van der Waals surface area contributed by atoms with Crippen LogP contribution in [0.3, 0.4) is 0 Å². The van der Waals surface area contributed by atoms with E-state index in [1.165, 1.54) is 30.4 Å². The minimum Gasteiger partial charge on any atom is -0.425 e. The fourth-order valence-electron chi connectivity index (χ4n) is 1.71. The maximum Gasteiger partial charge on any atom is 0.467 e. The summed E-state index contributed by atoms with van der Waals surface area (Å²) in [5.74, 6) is 0. The Bertz CT molecular complexity index is 694. The summed E-state index contributed by atoms with van der Waals surface area (Å²) in [7, 11) is -10.6. The number of halogens is 10. The van der Waals surface area contributed by atoms with Gasteiger partial charge in [-0.25, -0.2) is 16.8 Å². The Labute approximate surface area is 153 Å². The number of sulfonamides is 2. The number of hydrogen-bond donors (Lipinski definition) is 0. The summed E-state index contributed by atoms with van der Waals surface area (Å²) in [4.78, 5) is 0. The van der Waals surface area contributed by atoms with Crippen molar-refractivity contribution in [3.8, 4) is 0 Å². The summed E-state index contributed by atoms with van der Waals surface area (Å²) in [5.41, 5.74) is 0. The molecule has 0 aliphatic carbocycles. The molecule has 0 aromatic carbocycles. The zero-order valence-corrected chi connectivity index (χ0v) is 15.6. The Hall–Kier alpha value is -0.880. The van der Waals surface area contributed by atoms with E-state index in [4.69, 9.17) is 0 Å². The Kier molecular flexibility index (Phi) is 7.51. The van der Waals surface area contributed by atoms with E-state index in [0.29, 0.717) is 4.13 Å². The predicted molar refractivity (Wildman–Crippen MR) is 74.3 cm³/mol. The summed E-state index contributed by atoms with van der Waals surface area (Å²) in [6.45, 7) is 2.78. The van der Waals surface area contributed by atoms with Crippen molar-refractivity contribution in [2.75, 3.05) is 27.2 Å². The van der Waals surface area contributed by atoms with E-state index in [1.54, 1.807) is 0 Å². The van der Waals surface area contributed by atoms with Gasteiger partial charge in [0.25, 0.3) is 0 Å². The second-order valence-corrected chi connectivity index (χ2v) is 9.67. The quantitative estimate of drug-likeness (QED) is 0.457. The van der Waals surface area contributed by atoms with Crippen molar-refractivity contribution in [2.45, 2.75) is 35.7 Å². The number of nitrogens with zero attached hydrogens (tertiary/aromatic N) is 2. The molecule has 170 valence electrons. The topological polar surface area (TPSA) is 82.4 Å². The van der Waals surface area contributed by atoms with Crippen molar-refractivity contribution >= 4 is 20.0 Å². The Morgan fingerprint density at radius 2 is 0.893 bits per heavy atom. The molecule has 18 heteroatoms. The van der Waals surface area contributed by atoms with E-state index < -0.39 is 42.9 Å². The highest BCUT2D eigenvalue weighted by Gasteiger charge is 2.68. The van der Waals surface area contributed by atoms with Crippen molar-refractivity contribution in [3.05, 3.63) is 4.13 Å². The maximum atomic E-state index is 12.3. The van der Waals surface area contributed by atoms with Gasteiger partial charge in [0.2, 0.25) is 0 Å². The first kappa shape index (κ1) is 27.1. The van der Waals surface area contributed by atoms with Gasteiger partial charge in [-0.15, -0.1) is 0 Å². The van der Waals surface area contributed by atoms with Gasteiger partial charge in [-0.2, -0.15) is 43.9 Å². The predicted octanol–water partition coefficient (Wildman–Crippen LogP) is 3.19. The summed E-state index contributed by atoms with van der Waals surface area (Å²) < 4.78 is 162. The van der Waals surface area contributed by atoms with Gasteiger partial charge in [0.1, 0.15) is 0 Å². The number of quaternary nitrogens is 1. The molecule has 0 amide bonds. The largest absolute Gasteiger partial charge is 0.467 e. The minimum atomic E-state index is -7.62. The molecule has 6 nitrogen and oxygen atoms in total. The Morgan fingerprint density at radius 3 is 1.04 bits per heavy atom. The van der Waals surface area contributed by atoms with Crippen LogP contribution in [0.1, 0.15) is 12.8 Å². The second kappa shape index (κ2) is 7.75. The monoisotopic (exact) mass is 480 g/mol. The van der Waals surface area contributed by atoms with Crippen LogP contribution < -0.4 is 0 Å². The van der Waals surface area contributed by atoms with Crippen molar-refractivity contribution in [1.82, 2.24) is 0 Å². The van der Waals surface area contributed by atoms with Crippen LogP contribution >= 0.6 is 0 Å². The standard InChI is InChI=1S/C6H14N.C4F10NO4S2/c1-7(2)5-3-4-6-7;5-1(6,7)3(11,12)20(16,17)15-21(18,19)4(13,14)2(8,9)10/h3-6H2,1-2H3;/q+1;-1. The van der Waals surface area contributed by atoms with Gasteiger partial charge in [-0.05, 0) is 0 Å². The van der Waals surface area contributed by atoms with Gasteiger partial charge >= 0.3 is 22.9 Å². The molecule has 0 aromatic rings. The van der Waals surface area contributed by atoms with Crippen LogP contribution in [0.5, 0.6) is 0 Å². The van der Waals surface area contributed by atoms with Crippen LogP contribution in [0.25, 0.3) is 4.13 Å². The van der Waals surface area contributed by atoms with Crippen molar-refractivity contribution in [3.63, 3.8) is 0 Å². The highest BCUT2D eigenvalue weighted by atomic mass is 32.3. The maximum absolute atomic E-state index is 12.3. The van der Waals surface area contributed by atoms with Crippen LogP contribution in [0.15, 0.2) is 0 Å². The zero-order valence-electron chi connectivity index (χ0n) is 14.0. The molecule has 0 saturated carbocycles. The molecule has 1 aliphatic heterocycles. The van der Waals surface area contributed by atoms with Gasteiger partial charge in [0.05, 0.1) is 27.2 Å². The number of likely N-dealkylation sites (tertiary alicyclic amines) is 1. The molecule has 0 atom stereocenters. The lowest BCUT2D eigenvalue weighted by Crippen LogP contribution is -2.48. The molecule has 0 spiro atoms. The summed E-state index contributed by atoms with van der Waals surface area (Å²) >= 11 is 0. The lowest BCUT2D eigenvalue weighted by molar-refractivity contribution is -0.877. The molecule has 1 aliphatic rings. The van der Waals surface area contributed by atoms with Crippen LogP contribution in [0.4, 0.5) is 43.9 Å². The molecule has 0 N–H and O–H groups in total. The fourth-order valence-corrected chi connectivity index (χ4v) is 4.07. The van der Waals surface area contributed by atoms with Gasteiger partial charge in [-0.3, -0.25) is 0 Å². The first-order valence-electron chi connectivity index (χ1n) is 6.86. The summed E-state index contributed by atoms with van der Waals surface area (Å²) in [5, 5.41) is -14.0. The average Bonchev–Trinajstić information content (AvgIpc) is 2.79. The van der Waals surface area contributed by atoms with Crippen LogP contribution in [-0.2, 0) is 20.0 Å². The highest BCUT2D eigenvalue weighted by Crippen LogP contribution is 2.47. The van der Waals surface area contributed by atoms with Crippen molar-refractivity contribution < 1.29 is 65.2 Å². The van der Waals surface area contributed by atoms with Gasteiger partial charge < -0.3 is 8.61 Å². The van der Waals surface area contributed by atoms with E-state index in [9.17, 15) is 60.7 Å². The normalized spacial score (nSPS) is 19.1. The van der Waals surface area contributed by atoms with E-state index in [2.05, 4.69) is 14.1 Å². The van der Waals surface area contributed by atoms with E-state index >= 15 is 0 Å². The zero-order chi connectivity index (χ0) is 23.0. The summed E-state index contributed by atoms with van der Waals surface area (Å²) in [6.07, 6.45) is -11.1. The molecular weight excluding hydrogens is 466 g/mol. The number of hydrogen-bond acceptors (Lipinski definition) is 4. The summed E-state index contributed by atoms with van der Waals surface area (Å²) in [6, 6.07) is 0. The Balaban J connectivity index is 0.000000861. The molecule has 1 heterocycles. The lowest BCUT2D eigenvalue weighted by Gasteiger charge is -2.31. The molecule has 0 unspecified atom stereocenters. The molecular formula is C10H14F10N2O4S2. The van der Waals surface area contributed by atoms with Gasteiger partial charge in [0, 0.05) is 12.8 Å². The number of rotatable bonds is 4. The highest BCUT2D eigenvalue weighted by molar-refractivity contribution is 8.13. The van der Waals surface area contributed by atoms with Crippen LogP contribution in [0.2, 0.25) is 0 Å². The second-order valence-electron chi connectivity index (χ2n) is 6.14. The molecule has 1 saturated heterocycles. The molecule has 28 heavy (non-hydrogen) atoms. The third kappa shape index (κ3) is 5.82. The third-order valence-electron chi connectivity index (χ3n) is 3.28. The van der Waals surface area contributed by atoms with Crippen LogP contribution in [0, 0.1) is 0 Å². The Morgan fingerprint density at radius 1 is 0.643 bits per heavy atom. The molecule has 1 fully saturated rings. The molecule has 0 radical (unpaired) electrons. The SMILES string of the molecule is C[N+]1(C)CCCC1.O=S(=O)([N-]S(=O)(=O)C(F)(F)C(F)(F)F)C(F)(F)C(F)(F)F. The molecule has 0 bridgehead atoms. The van der Waals surface area contributed by atoms with Gasteiger partial charge in [0.15, 0.2) is 20.0 Å². The van der Waals surface area contributed by atoms with Crippen molar-refractivity contribution in [1.29, 1.82) is 0 Å². The third-order valence-corrected chi connectivity index (χ3v) is 6.61. The molecule has 1 rings (SSSR count). The molecule has 0 aromatic heterocycles. The van der Waals surface area contributed by atoms with E-state index in [-0.39, 0.29) is 0 Å². The smallest absolute Gasteiger partial charge is 0.425 e. The van der Waals surface area contributed by atoms with Gasteiger partial charge in [-0.1, -0.05) is 0 Å². The van der Waals surface area contributed by atoms with Crippen molar-refractivity contribution in [2.24, 2.45) is 0 Å².